The van der Waals surface area contributed by atoms with Gasteiger partial charge in [-0.1, -0.05) is 56.1 Å². The van der Waals surface area contributed by atoms with Crippen LogP contribution in [-0.4, -0.2) is 38.4 Å². The van der Waals surface area contributed by atoms with E-state index in [0.717, 1.165) is 25.1 Å². The number of hydrogen-bond acceptors (Lipinski definition) is 5. The molecule has 0 unspecified atom stereocenters. The van der Waals surface area contributed by atoms with Gasteiger partial charge in [0.25, 0.3) is 0 Å². The maximum Gasteiger partial charge on any atom is 0.230 e. The number of aromatic nitrogens is 4. The van der Waals surface area contributed by atoms with Crippen LogP contribution in [0.2, 0.25) is 0 Å². The Morgan fingerprint density at radius 3 is 2.82 bits per heavy atom. The van der Waals surface area contributed by atoms with Crippen LogP contribution < -0.4 is 5.32 Å². The number of unbranched alkanes of at least 4 members (excludes halogenated alkanes) is 3. The number of tetrazole rings is 1. The molecular formula is C15H21N5OS. The van der Waals surface area contributed by atoms with E-state index >= 15 is 0 Å². The molecule has 0 saturated heterocycles. The van der Waals surface area contributed by atoms with Crippen molar-refractivity contribution in [1.82, 2.24) is 25.5 Å². The monoisotopic (exact) mass is 319 g/mol. The summed E-state index contributed by atoms with van der Waals surface area (Å²) in [5.41, 5.74) is 0.884. The van der Waals surface area contributed by atoms with Crippen LogP contribution in [0.5, 0.6) is 0 Å². The number of benzene rings is 1. The topological polar surface area (TPSA) is 72.7 Å². The van der Waals surface area contributed by atoms with E-state index in [0.29, 0.717) is 10.9 Å². The Balaban J connectivity index is 1.78. The van der Waals surface area contributed by atoms with Gasteiger partial charge >= 0.3 is 0 Å². The third-order valence-electron chi connectivity index (χ3n) is 3.13. The van der Waals surface area contributed by atoms with Gasteiger partial charge in [-0.15, -0.1) is 5.10 Å². The Kier molecular flexibility index (Phi) is 6.89. The molecule has 0 aliphatic heterocycles. The van der Waals surface area contributed by atoms with E-state index in [1.807, 2.05) is 30.3 Å². The predicted molar refractivity (Wildman–Crippen MR) is 87.0 cm³/mol. The summed E-state index contributed by atoms with van der Waals surface area (Å²) >= 11 is 1.34. The first kappa shape index (κ1) is 16.5. The molecule has 1 heterocycles. The number of carbonyl (C=O) groups excluding carboxylic acids is 1. The normalized spacial score (nSPS) is 10.6. The van der Waals surface area contributed by atoms with Crippen LogP contribution in [0.15, 0.2) is 35.5 Å². The quantitative estimate of drug-likeness (QED) is 0.568. The lowest BCUT2D eigenvalue weighted by molar-refractivity contribution is -0.118. The molecule has 0 radical (unpaired) electrons. The highest BCUT2D eigenvalue weighted by Gasteiger charge is 2.10. The number of rotatable bonds is 9. The fraction of sp³-hybridized carbons (Fsp3) is 0.467. The Labute approximate surface area is 134 Å². The third kappa shape index (κ3) is 5.14. The van der Waals surface area contributed by atoms with Gasteiger partial charge in [-0.05, 0) is 29.0 Å². The first-order valence-electron chi connectivity index (χ1n) is 7.54. The maximum absolute atomic E-state index is 11.8. The van der Waals surface area contributed by atoms with Crippen LogP contribution >= 0.6 is 11.8 Å². The maximum atomic E-state index is 11.8. The predicted octanol–water partition coefficient (Wildman–Crippen LogP) is 2.45. The van der Waals surface area contributed by atoms with Gasteiger partial charge in [-0.3, -0.25) is 4.79 Å². The Morgan fingerprint density at radius 1 is 1.23 bits per heavy atom. The number of nitrogens with one attached hydrogen (secondary N) is 1. The minimum atomic E-state index is 0.0177. The minimum absolute atomic E-state index is 0.0177. The average molecular weight is 319 g/mol. The molecule has 1 N–H and O–H groups in total. The molecule has 2 rings (SSSR count). The van der Waals surface area contributed by atoms with E-state index in [-0.39, 0.29) is 5.91 Å². The molecule has 0 aliphatic rings. The molecule has 0 saturated carbocycles. The van der Waals surface area contributed by atoms with Gasteiger partial charge < -0.3 is 5.32 Å². The molecule has 118 valence electrons. The molecule has 2 aromatic rings. The SMILES string of the molecule is CCCCCCNC(=O)CSc1nnnn1-c1ccccc1. The molecule has 1 amide bonds. The van der Waals surface area contributed by atoms with Crippen LogP contribution in [0.4, 0.5) is 0 Å². The van der Waals surface area contributed by atoms with Crippen molar-refractivity contribution in [2.24, 2.45) is 0 Å². The van der Waals surface area contributed by atoms with Gasteiger partial charge in [-0.2, -0.15) is 4.68 Å². The van der Waals surface area contributed by atoms with Gasteiger partial charge in [0.2, 0.25) is 11.1 Å². The summed E-state index contributed by atoms with van der Waals surface area (Å²) in [6.45, 7) is 2.91. The number of para-hydroxylation sites is 1. The highest BCUT2D eigenvalue weighted by atomic mass is 32.2. The molecule has 22 heavy (non-hydrogen) atoms. The number of thioether (sulfide) groups is 1. The number of hydrogen-bond donors (Lipinski definition) is 1. The van der Waals surface area contributed by atoms with E-state index in [1.165, 1.54) is 24.6 Å². The Bertz CT molecular complexity index is 572. The zero-order valence-corrected chi connectivity index (χ0v) is 13.6. The van der Waals surface area contributed by atoms with Crippen LogP contribution in [0.3, 0.4) is 0 Å². The molecule has 0 fully saturated rings. The number of nitrogens with zero attached hydrogens (tertiary/aromatic N) is 4. The molecule has 0 bridgehead atoms. The molecule has 0 atom stereocenters. The van der Waals surface area contributed by atoms with Gasteiger partial charge in [0, 0.05) is 6.54 Å². The van der Waals surface area contributed by atoms with Crippen LogP contribution in [0, 0.1) is 0 Å². The molecule has 1 aromatic heterocycles. The molecule has 1 aromatic carbocycles. The fourth-order valence-electron chi connectivity index (χ4n) is 1.96. The van der Waals surface area contributed by atoms with Crippen LogP contribution in [-0.2, 0) is 4.79 Å². The molecule has 6 nitrogen and oxygen atoms in total. The third-order valence-corrected chi connectivity index (χ3v) is 4.05. The number of amides is 1. The van der Waals surface area contributed by atoms with Crippen molar-refractivity contribution in [3.8, 4) is 5.69 Å². The number of carbonyl (C=O) groups is 1. The summed E-state index contributed by atoms with van der Waals surface area (Å²) in [6.07, 6.45) is 4.62. The molecular weight excluding hydrogens is 298 g/mol. The van der Waals surface area contributed by atoms with Crippen molar-refractivity contribution in [2.45, 2.75) is 37.8 Å². The van der Waals surface area contributed by atoms with E-state index in [1.54, 1.807) is 4.68 Å². The lowest BCUT2D eigenvalue weighted by Crippen LogP contribution is -2.26. The fourth-order valence-corrected chi connectivity index (χ4v) is 2.68. The highest BCUT2D eigenvalue weighted by Crippen LogP contribution is 2.17. The summed E-state index contributed by atoms with van der Waals surface area (Å²) in [5, 5.41) is 15.2. The largest absolute Gasteiger partial charge is 0.355 e. The van der Waals surface area contributed by atoms with Crippen molar-refractivity contribution < 1.29 is 4.79 Å². The van der Waals surface area contributed by atoms with Crippen molar-refractivity contribution in [3.05, 3.63) is 30.3 Å². The highest BCUT2D eigenvalue weighted by molar-refractivity contribution is 7.99. The first-order valence-corrected chi connectivity index (χ1v) is 8.53. The summed E-state index contributed by atoms with van der Waals surface area (Å²) in [5.74, 6) is 0.338. The second kappa shape index (κ2) is 9.19. The molecule has 0 aliphatic carbocycles. The van der Waals surface area contributed by atoms with E-state index in [4.69, 9.17) is 0 Å². The van der Waals surface area contributed by atoms with Crippen molar-refractivity contribution in [1.29, 1.82) is 0 Å². The first-order chi connectivity index (χ1) is 10.8. The van der Waals surface area contributed by atoms with Crippen LogP contribution in [0.25, 0.3) is 5.69 Å². The standard InChI is InChI=1S/C15H21N5OS/c1-2-3-4-8-11-16-14(21)12-22-15-17-18-19-20(15)13-9-6-5-7-10-13/h5-7,9-10H,2-4,8,11-12H2,1H3,(H,16,21). The lowest BCUT2D eigenvalue weighted by atomic mass is 10.2. The Hall–Kier alpha value is -1.89. The lowest BCUT2D eigenvalue weighted by Gasteiger charge is -2.05. The van der Waals surface area contributed by atoms with E-state index in [9.17, 15) is 4.79 Å². The van der Waals surface area contributed by atoms with Gasteiger partial charge in [0.1, 0.15) is 0 Å². The Morgan fingerprint density at radius 2 is 2.05 bits per heavy atom. The second-order valence-electron chi connectivity index (χ2n) is 4.91. The van der Waals surface area contributed by atoms with Crippen molar-refractivity contribution in [2.75, 3.05) is 12.3 Å². The average Bonchev–Trinajstić information content (AvgIpc) is 3.02. The van der Waals surface area contributed by atoms with E-state index < -0.39 is 0 Å². The van der Waals surface area contributed by atoms with Crippen molar-refractivity contribution in [3.63, 3.8) is 0 Å². The summed E-state index contributed by atoms with van der Waals surface area (Å²) in [7, 11) is 0. The van der Waals surface area contributed by atoms with E-state index in [2.05, 4.69) is 27.8 Å². The van der Waals surface area contributed by atoms with Gasteiger partial charge in [0.05, 0.1) is 11.4 Å². The zero-order valence-electron chi connectivity index (χ0n) is 12.7. The summed E-state index contributed by atoms with van der Waals surface area (Å²) < 4.78 is 1.64. The van der Waals surface area contributed by atoms with Crippen LogP contribution in [0.1, 0.15) is 32.6 Å². The smallest absolute Gasteiger partial charge is 0.230 e. The summed E-state index contributed by atoms with van der Waals surface area (Å²) in [4.78, 5) is 11.8. The second-order valence-corrected chi connectivity index (χ2v) is 5.85. The molecule has 0 spiro atoms. The van der Waals surface area contributed by atoms with Crippen molar-refractivity contribution >= 4 is 17.7 Å². The minimum Gasteiger partial charge on any atom is -0.355 e. The summed E-state index contributed by atoms with van der Waals surface area (Å²) in [6, 6.07) is 9.64. The zero-order chi connectivity index (χ0) is 15.6. The van der Waals surface area contributed by atoms with Gasteiger partial charge in [-0.25, -0.2) is 0 Å². The molecule has 7 heteroatoms. The van der Waals surface area contributed by atoms with Gasteiger partial charge in [0.15, 0.2) is 0 Å².